The number of carbonyl (C=O) groups is 2. The quantitative estimate of drug-likeness (QED) is 0.142. The molecular formula is C30H35ClO5. The zero-order valence-corrected chi connectivity index (χ0v) is 21.8. The van der Waals surface area contributed by atoms with E-state index in [9.17, 15) is 14.7 Å². The van der Waals surface area contributed by atoms with Gasteiger partial charge in [0.2, 0.25) is 0 Å². The Morgan fingerprint density at radius 2 is 1.53 bits per heavy atom. The Morgan fingerprint density at radius 1 is 0.806 bits per heavy atom. The van der Waals surface area contributed by atoms with E-state index >= 15 is 0 Å². The van der Waals surface area contributed by atoms with Crippen molar-refractivity contribution in [3.05, 3.63) is 83.9 Å². The lowest BCUT2D eigenvalue weighted by molar-refractivity contribution is 0.0694. The zero-order valence-electron chi connectivity index (χ0n) is 20.9. The summed E-state index contributed by atoms with van der Waals surface area (Å²) in [5.74, 6) is -0.422. The lowest BCUT2D eigenvalue weighted by atomic mass is 10.0. The Hall–Kier alpha value is -3.31. The topological polar surface area (TPSA) is 72.8 Å². The minimum absolute atomic E-state index is 0. The molecule has 0 spiro atoms. The highest BCUT2D eigenvalue weighted by molar-refractivity contribution is 5.92. The molecule has 0 fully saturated rings. The molecule has 36 heavy (non-hydrogen) atoms. The molecule has 0 radical (unpaired) electrons. The lowest BCUT2D eigenvalue weighted by Crippen LogP contribution is -2.16. The van der Waals surface area contributed by atoms with Crippen molar-refractivity contribution < 1.29 is 24.2 Å². The van der Waals surface area contributed by atoms with Crippen LogP contribution >= 0.6 is 12.4 Å². The van der Waals surface area contributed by atoms with Crippen molar-refractivity contribution >= 4 is 24.3 Å². The highest BCUT2D eigenvalue weighted by Gasteiger charge is 2.17. The second kappa shape index (κ2) is 14.9. The number of esters is 1. The van der Waals surface area contributed by atoms with E-state index in [0.717, 1.165) is 31.2 Å². The Kier molecular flexibility index (Phi) is 12.0. The molecule has 0 saturated carbocycles. The van der Waals surface area contributed by atoms with Gasteiger partial charge >= 0.3 is 11.9 Å². The number of ether oxygens (including phenoxy) is 2. The average molecular weight is 511 g/mol. The summed E-state index contributed by atoms with van der Waals surface area (Å²) in [6, 6.07) is 20.8. The van der Waals surface area contributed by atoms with E-state index in [1.54, 1.807) is 54.6 Å². The van der Waals surface area contributed by atoms with Crippen LogP contribution in [0.5, 0.6) is 11.5 Å². The summed E-state index contributed by atoms with van der Waals surface area (Å²) in [5.41, 5.74) is 2.09. The van der Waals surface area contributed by atoms with E-state index in [4.69, 9.17) is 9.47 Å². The SMILES string of the molecule is CCCCCCC(CCC)Oc1ccc(-c2ccc(C(=O)O)cc2)c(OC(=O)c2ccccc2)c1.Cl. The van der Waals surface area contributed by atoms with Crippen molar-refractivity contribution in [3.63, 3.8) is 0 Å². The van der Waals surface area contributed by atoms with Crippen molar-refractivity contribution in [2.75, 3.05) is 0 Å². The van der Waals surface area contributed by atoms with Gasteiger partial charge in [-0.15, -0.1) is 12.4 Å². The molecule has 0 bridgehead atoms. The van der Waals surface area contributed by atoms with Gasteiger partial charge in [0.15, 0.2) is 0 Å². The third-order valence-electron chi connectivity index (χ3n) is 5.90. The molecule has 6 heteroatoms. The van der Waals surface area contributed by atoms with Crippen LogP contribution < -0.4 is 9.47 Å². The predicted molar refractivity (Wildman–Crippen MR) is 146 cm³/mol. The van der Waals surface area contributed by atoms with Crippen molar-refractivity contribution in [1.29, 1.82) is 0 Å². The molecule has 3 aromatic carbocycles. The lowest BCUT2D eigenvalue weighted by Gasteiger charge is -2.20. The number of hydrogen-bond donors (Lipinski definition) is 1. The number of carboxylic acid groups (broad SMARTS) is 1. The smallest absolute Gasteiger partial charge is 0.343 e. The van der Waals surface area contributed by atoms with Gasteiger partial charge in [-0.3, -0.25) is 0 Å². The Morgan fingerprint density at radius 3 is 2.17 bits per heavy atom. The molecule has 1 N–H and O–H groups in total. The molecule has 192 valence electrons. The summed E-state index contributed by atoms with van der Waals surface area (Å²) >= 11 is 0. The van der Waals surface area contributed by atoms with Crippen LogP contribution in [0.2, 0.25) is 0 Å². The van der Waals surface area contributed by atoms with Crippen molar-refractivity contribution in [2.24, 2.45) is 0 Å². The normalized spacial score (nSPS) is 11.3. The number of carboxylic acids is 1. The van der Waals surface area contributed by atoms with Gasteiger partial charge in [-0.1, -0.05) is 69.9 Å². The number of carbonyl (C=O) groups excluding carboxylic acids is 1. The molecule has 0 aliphatic rings. The number of unbranched alkanes of at least 4 members (excludes halogenated alkanes) is 3. The zero-order chi connectivity index (χ0) is 25.0. The molecule has 3 rings (SSSR count). The average Bonchev–Trinajstić information content (AvgIpc) is 2.87. The molecule has 0 heterocycles. The summed E-state index contributed by atoms with van der Waals surface area (Å²) in [4.78, 5) is 24.1. The van der Waals surface area contributed by atoms with Crippen LogP contribution in [0.4, 0.5) is 0 Å². The summed E-state index contributed by atoms with van der Waals surface area (Å²) < 4.78 is 12.2. The number of benzene rings is 3. The molecule has 0 aromatic heterocycles. The second-order valence-electron chi connectivity index (χ2n) is 8.67. The molecule has 3 aromatic rings. The highest BCUT2D eigenvalue weighted by atomic mass is 35.5. The van der Waals surface area contributed by atoms with Gasteiger partial charge in [-0.2, -0.15) is 0 Å². The Labute approximate surface area is 219 Å². The fourth-order valence-electron chi connectivity index (χ4n) is 4.00. The third-order valence-corrected chi connectivity index (χ3v) is 5.90. The molecule has 0 saturated heterocycles. The molecule has 1 atom stereocenters. The maximum atomic E-state index is 12.8. The standard InChI is InChI=1S/C30H34O5.ClH/c1-3-5-6-10-14-25(11-4-2)34-26-19-20-27(22-15-17-23(18-16-22)29(31)32)28(21-26)35-30(33)24-12-8-7-9-13-24;/h7-9,12-13,15-21,25H,3-6,10-11,14H2,1-2H3,(H,31,32);1H. The largest absolute Gasteiger partial charge is 0.490 e. The predicted octanol–water partition coefficient (Wildman–Crippen LogP) is 8.21. The number of hydrogen-bond acceptors (Lipinski definition) is 4. The number of halogens is 1. The number of aromatic carboxylic acids is 1. The first kappa shape index (κ1) is 28.9. The Balaban J connectivity index is 0.00000456. The van der Waals surface area contributed by atoms with E-state index in [1.807, 2.05) is 18.2 Å². The van der Waals surface area contributed by atoms with Crippen LogP contribution in [-0.4, -0.2) is 23.1 Å². The molecule has 0 aliphatic heterocycles. The summed E-state index contributed by atoms with van der Waals surface area (Å²) in [6.45, 7) is 4.36. The minimum atomic E-state index is -0.989. The molecule has 0 amide bonds. The van der Waals surface area contributed by atoms with E-state index in [2.05, 4.69) is 13.8 Å². The van der Waals surface area contributed by atoms with Gasteiger partial charge in [0.25, 0.3) is 0 Å². The van der Waals surface area contributed by atoms with Crippen LogP contribution in [0.1, 0.15) is 79.5 Å². The second-order valence-corrected chi connectivity index (χ2v) is 8.67. The maximum absolute atomic E-state index is 12.8. The summed E-state index contributed by atoms with van der Waals surface area (Å²) in [5, 5.41) is 9.22. The fraction of sp³-hybridized carbons (Fsp3) is 0.333. The van der Waals surface area contributed by atoms with Gasteiger partial charge < -0.3 is 14.6 Å². The Bertz CT molecular complexity index is 1100. The van der Waals surface area contributed by atoms with Crippen molar-refractivity contribution in [1.82, 2.24) is 0 Å². The first-order chi connectivity index (χ1) is 17.0. The molecule has 1 unspecified atom stereocenters. The first-order valence-corrected chi connectivity index (χ1v) is 12.4. The minimum Gasteiger partial charge on any atom is -0.490 e. The molecule has 0 aliphatic carbocycles. The molecule has 5 nitrogen and oxygen atoms in total. The van der Waals surface area contributed by atoms with E-state index in [1.165, 1.54) is 19.3 Å². The summed E-state index contributed by atoms with van der Waals surface area (Å²) in [7, 11) is 0. The van der Waals surface area contributed by atoms with Crippen LogP contribution in [-0.2, 0) is 0 Å². The van der Waals surface area contributed by atoms with Crippen molar-refractivity contribution in [2.45, 2.75) is 64.9 Å². The van der Waals surface area contributed by atoms with Gasteiger partial charge in [-0.25, -0.2) is 9.59 Å². The van der Waals surface area contributed by atoms with Crippen molar-refractivity contribution in [3.8, 4) is 22.6 Å². The van der Waals surface area contributed by atoms with E-state index in [0.29, 0.717) is 22.6 Å². The fourth-order valence-corrected chi connectivity index (χ4v) is 4.00. The number of rotatable bonds is 13. The molecular weight excluding hydrogens is 476 g/mol. The highest BCUT2D eigenvalue weighted by Crippen LogP contribution is 2.35. The van der Waals surface area contributed by atoms with Crippen LogP contribution in [0.3, 0.4) is 0 Å². The van der Waals surface area contributed by atoms with Gasteiger partial charge in [0.05, 0.1) is 17.2 Å². The van der Waals surface area contributed by atoms with E-state index in [-0.39, 0.29) is 24.1 Å². The van der Waals surface area contributed by atoms with Crippen LogP contribution in [0.25, 0.3) is 11.1 Å². The van der Waals surface area contributed by atoms with E-state index < -0.39 is 11.9 Å². The maximum Gasteiger partial charge on any atom is 0.343 e. The van der Waals surface area contributed by atoms with Gasteiger partial charge in [0.1, 0.15) is 11.5 Å². The van der Waals surface area contributed by atoms with Gasteiger partial charge in [0, 0.05) is 11.6 Å². The van der Waals surface area contributed by atoms with Crippen LogP contribution in [0.15, 0.2) is 72.8 Å². The first-order valence-electron chi connectivity index (χ1n) is 12.4. The van der Waals surface area contributed by atoms with Gasteiger partial charge in [-0.05, 0) is 61.2 Å². The monoisotopic (exact) mass is 510 g/mol. The third kappa shape index (κ3) is 8.42. The van der Waals surface area contributed by atoms with Crippen LogP contribution in [0, 0.1) is 0 Å². The summed E-state index contributed by atoms with van der Waals surface area (Å²) in [6.07, 6.45) is 7.85.